The van der Waals surface area contributed by atoms with Crippen LogP contribution in [-0.2, 0) is 9.59 Å². The van der Waals surface area contributed by atoms with Crippen molar-refractivity contribution < 1.29 is 14.0 Å². The number of likely N-dealkylation sites (tertiary alicyclic amines) is 1. The minimum Gasteiger partial charge on any atom is -0.333 e. The first-order valence-corrected chi connectivity index (χ1v) is 5.90. The predicted molar refractivity (Wildman–Crippen MR) is 65.6 cm³/mol. The lowest BCUT2D eigenvalue weighted by atomic mass is 10.2. The van der Waals surface area contributed by atoms with Crippen LogP contribution in [0.25, 0.3) is 0 Å². The van der Waals surface area contributed by atoms with Crippen molar-refractivity contribution in [3.8, 4) is 0 Å². The molecular formula is C13H15FN2O2. The lowest BCUT2D eigenvalue weighted by Gasteiger charge is -2.15. The molecule has 1 aromatic rings. The largest absolute Gasteiger partial charge is 0.333 e. The van der Waals surface area contributed by atoms with Gasteiger partial charge in [0.05, 0.1) is 6.54 Å². The number of hydrogen-bond donors (Lipinski definition) is 1. The zero-order chi connectivity index (χ0) is 13.1. The van der Waals surface area contributed by atoms with Crippen LogP contribution in [0.4, 0.5) is 10.1 Å². The molecule has 0 saturated carbocycles. The summed E-state index contributed by atoms with van der Waals surface area (Å²) in [6.45, 7) is 2.31. The second-order valence-electron chi connectivity index (χ2n) is 4.43. The van der Waals surface area contributed by atoms with E-state index in [9.17, 15) is 14.0 Å². The van der Waals surface area contributed by atoms with Crippen molar-refractivity contribution in [3.63, 3.8) is 0 Å². The van der Waals surface area contributed by atoms with Crippen LogP contribution in [0.5, 0.6) is 0 Å². The molecule has 1 N–H and O–H groups in total. The molecule has 4 nitrogen and oxygen atoms in total. The van der Waals surface area contributed by atoms with Crippen molar-refractivity contribution in [1.82, 2.24) is 4.90 Å². The van der Waals surface area contributed by atoms with Crippen LogP contribution in [0.2, 0.25) is 0 Å². The number of hydrogen-bond acceptors (Lipinski definition) is 2. The van der Waals surface area contributed by atoms with E-state index < -0.39 is 0 Å². The first-order valence-electron chi connectivity index (χ1n) is 5.90. The Balaban J connectivity index is 1.94. The van der Waals surface area contributed by atoms with Crippen molar-refractivity contribution in [2.75, 3.05) is 18.4 Å². The van der Waals surface area contributed by atoms with Gasteiger partial charge in [0.25, 0.3) is 0 Å². The minimum absolute atomic E-state index is 0.000219. The van der Waals surface area contributed by atoms with Gasteiger partial charge < -0.3 is 10.2 Å². The third-order valence-electron chi connectivity index (χ3n) is 2.96. The Morgan fingerprint density at radius 2 is 2.28 bits per heavy atom. The lowest BCUT2D eigenvalue weighted by Crippen LogP contribution is -2.33. The third kappa shape index (κ3) is 2.85. The summed E-state index contributed by atoms with van der Waals surface area (Å²) < 4.78 is 13.3. The molecule has 1 heterocycles. The fourth-order valence-corrected chi connectivity index (χ4v) is 1.92. The van der Waals surface area contributed by atoms with E-state index in [0.29, 0.717) is 24.2 Å². The molecule has 96 valence electrons. The van der Waals surface area contributed by atoms with Gasteiger partial charge in [-0.05, 0) is 31.0 Å². The summed E-state index contributed by atoms with van der Waals surface area (Å²) in [5.74, 6) is -0.654. The van der Waals surface area contributed by atoms with Gasteiger partial charge in [-0.2, -0.15) is 0 Å². The number of rotatable bonds is 3. The highest BCUT2D eigenvalue weighted by molar-refractivity contribution is 5.94. The second kappa shape index (κ2) is 5.16. The van der Waals surface area contributed by atoms with Crippen LogP contribution in [0.1, 0.15) is 18.4 Å². The monoisotopic (exact) mass is 250 g/mol. The van der Waals surface area contributed by atoms with Crippen LogP contribution < -0.4 is 5.32 Å². The lowest BCUT2D eigenvalue weighted by molar-refractivity contribution is -0.131. The summed E-state index contributed by atoms with van der Waals surface area (Å²) >= 11 is 0. The van der Waals surface area contributed by atoms with E-state index in [-0.39, 0.29) is 24.2 Å². The van der Waals surface area contributed by atoms with Gasteiger partial charge in [0, 0.05) is 18.7 Å². The van der Waals surface area contributed by atoms with Gasteiger partial charge >= 0.3 is 0 Å². The van der Waals surface area contributed by atoms with Gasteiger partial charge in [-0.25, -0.2) is 4.39 Å². The Kier molecular flexibility index (Phi) is 3.60. The number of carbonyl (C=O) groups is 2. The Hall–Kier alpha value is -1.91. The van der Waals surface area contributed by atoms with Crippen molar-refractivity contribution in [1.29, 1.82) is 0 Å². The van der Waals surface area contributed by atoms with Crippen LogP contribution in [0, 0.1) is 12.7 Å². The van der Waals surface area contributed by atoms with E-state index in [2.05, 4.69) is 5.32 Å². The minimum atomic E-state index is -0.356. The van der Waals surface area contributed by atoms with Crippen molar-refractivity contribution in [2.45, 2.75) is 19.8 Å². The van der Waals surface area contributed by atoms with E-state index in [1.165, 1.54) is 11.0 Å². The first-order chi connectivity index (χ1) is 8.56. The summed E-state index contributed by atoms with van der Waals surface area (Å²) in [7, 11) is 0. The molecule has 0 aliphatic carbocycles. The zero-order valence-electron chi connectivity index (χ0n) is 10.2. The predicted octanol–water partition coefficient (Wildman–Crippen LogP) is 1.70. The third-order valence-corrected chi connectivity index (χ3v) is 2.96. The van der Waals surface area contributed by atoms with Crippen molar-refractivity contribution in [2.24, 2.45) is 0 Å². The average Bonchev–Trinajstić information content (AvgIpc) is 2.70. The molecule has 18 heavy (non-hydrogen) atoms. The number of anilines is 1. The van der Waals surface area contributed by atoms with Crippen LogP contribution in [0.15, 0.2) is 18.2 Å². The van der Waals surface area contributed by atoms with E-state index in [1.807, 2.05) is 0 Å². The quantitative estimate of drug-likeness (QED) is 0.887. The molecule has 1 fully saturated rings. The number of amides is 2. The summed E-state index contributed by atoms with van der Waals surface area (Å²) in [6, 6.07) is 4.52. The number of benzene rings is 1. The molecule has 0 unspecified atom stereocenters. The van der Waals surface area contributed by atoms with Crippen molar-refractivity contribution in [3.05, 3.63) is 29.6 Å². The number of nitrogens with one attached hydrogen (secondary N) is 1. The highest BCUT2D eigenvalue weighted by atomic mass is 19.1. The summed E-state index contributed by atoms with van der Waals surface area (Å²) in [5, 5.41) is 2.58. The molecular weight excluding hydrogens is 235 g/mol. The molecule has 0 aromatic heterocycles. The molecule has 0 atom stereocenters. The van der Waals surface area contributed by atoms with Gasteiger partial charge in [0.1, 0.15) is 5.82 Å². The summed E-state index contributed by atoms with van der Waals surface area (Å²) in [5.41, 5.74) is 0.942. The van der Waals surface area contributed by atoms with Crippen LogP contribution in [0.3, 0.4) is 0 Å². The summed E-state index contributed by atoms with van der Waals surface area (Å²) in [4.78, 5) is 24.5. The van der Waals surface area contributed by atoms with E-state index >= 15 is 0 Å². The zero-order valence-corrected chi connectivity index (χ0v) is 10.2. The fourth-order valence-electron chi connectivity index (χ4n) is 1.92. The number of halogens is 1. The highest BCUT2D eigenvalue weighted by Crippen LogP contribution is 2.14. The topological polar surface area (TPSA) is 49.4 Å². The number of nitrogens with zero attached hydrogens (tertiary/aromatic N) is 1. The normalized spacial score (nSPS) is 15.0. The Labute approximate surface area is 105 Å². The second-order valence-corrected chi connectivity index (χ2v) is 4.43. The van der Waals surface area contributed by atoms with Gasteiger partial charge in [-0.3, -0.25) is 9.59 Å². The van der Waals surface area contributed by atoms with Gasteiger partial charge in [-0.15, -0.1) is 0 Å². The van der Waals surface area contributed by atoms with Gasteiger partial charge in [0.2, 0.25) is 11.8 Å². The Morgan fingerprint density at radius 3 is 2.89 bits per heavy atom. The SMILES string of the molecule is Cc1ccc(NC(=O)CN2CCCC2=O)cc1F. The fraction of sp³-hybridized carbons (Fsp3) is 0.385. The molecule has 1 aliphatic rings. The highest BCUT2D eigenvalue weighted by Gasteiger charge is 2.22. The molecule has 0 bridgehead atoms. The van der Waals surface area contributed by atoms with Gasteiger partial charge in [0.15, 0.2) is 0 Å². The molecule has 5 heteroatoms. The van der Waals surface area contributed by atoms with Crippen molar-refractivity contribution >= 4 is 17.5 Å². The molecule has 0 radical (unpaired) electrons. The molecule has 1 saturated heterocycles. The number of aryl methyl sites for hydroxylation is 1. The van der Waals surface area contributed by atoms with E-state index in [1.54, 1.807) is 19.1 Å². The molecule has 2 amide bonds. The maximum Gasteiger partial charge on any atom is 0.243 e. The molecule has 1 aliphatic heterocycles. The van der Waals surface area contributed by atoms with E-state index in [0.717, 1.165) is 6.42 Å². The van der Waals surface area contributed by atoms with Gasteiger partial charge in [-0.1, -0.05) is 6.07 Å². The number of carbonyl (C=O) groups excluding carboxylic acids is 2. The smallest absolute Gasteiger partial charge is 0.243 e. The maximum atomic E-state index is 13.3. The standard InChI is InChI=1S/C13H15FN2O2/c1-9-4-5-10(7-11(9)14)15-12(17)8-16-6-2-3-13(16)18/h4-5,7H,2-3,6,8H2,1H3,(H,15,17). The Bertz CT molecular complexity index is 488. The molecule has 2 rings (SSSR count). The molecule has 0 spiro atoms. The summed E-state index contributed by atoms with van der Waals surface area (Å²) in [6.07, 6.45) is 1.30. The molecule has 1 aromatic carbocycles. The average molecular weight is 250 g/mol. The van der Waals surface area contributed by atoms with Crippen LogP contribution in [-0.4, -0.2) is 29.8 Å². The first kappa shape index (κ1) is 12.5. The maximum absolute atomic E-state index is 13.3. The Morgan fingerprint density at radius 1 is 1.50 bits per heavy atom. The van der Waals surface area contributed by atoms with Crippen LogP contribution >= 0.6 is 0 Å². The van der Waals surface area contributed by atoms with E-state index in [4.69, 9.17) is 0 Å².